The Kier molecular flexibility index (Phi) is 6.24. The first-order valence-electron chi connectivity index (χ1n) is 6.53. The van der Waals surface area contributed by atoms with E-state index < -0.39 is 0 Å². The third kappa shape index (κ3) is 4.40. The van der Waals surface area contributed by atoms with E-state index in [9.17, 15) is 0 Å². The van der Waals surface area contributed by atoms with Crippen LogP contribution < -0.4 is 5.32 Å². The molecular formula is C14H25NO. The van der Waals surface area contributed by atoms with E-state index in [1.54, 1.807) is 6.26 Å². The van der Waals surface area contributed by atoms with Gasteiger partial charge in [0.05, 0.1) is 6.26 Å². The molecule has 2 unspecified atom stereocenters. The van der Waals surface area contributed by atoms with Gasteiger partial charge in [0.25, 0.3) is 0 Å². The molecule has 0 saturated heterocycles. The van der Waals surface area contributed by atoms with Gasteiger partial charge in [0.15, 0.2) is 0 Å². The summed E-state index contributed by atoms with van der Waals surface area (Å²) >= 11 is 0. The van der Waals surface area contributed by atoms with Crippen molar-refractivity contribution in [3.8, 4) is 0 Å². The lowest BCUT2D eigenvalue weighted by Gasteiger charge is -2.23. The fourth-order valence-corrected chi connectivity index (χ4v) is 2.24. The van der Waals surface area contributed by atoms with Gasteiger partial charge in [-0.3, -0.25) is 0 Å². The van der Waals surface area contributed by atoms with Gasteiger partial charge in [0, 0.05) is 19.0 Å². The summed E-state index contributed by atoms with van der Waals surface area (Å²) in [6, 6.07) is 4.64. The van der Waals surface area contributed by atoms with Gasteiger partial charge in [-0.15, -0.1) is 0 Å². The SMILES string of the molecule is CCCC(C)C(CC)NCCc1ccco1. The van der Waals surface area contributed by atoms with Crippen LogP contribution in [0.3, 0.4) is 0 Å². The van der Waals surface area contributed by atoms with E-state index in [4.69, 9.17) is 4.42 Å². The van der Waals surface area contributed by atoms with E-state index >= 15 is 0 Å². The summed E-state index contributed by atoms with van der Waals surface area (Å²) in [5, 5.41) is 3.63. The van der Waals surface area contributed by atoms with Crippen molar-refractivity contribution in [1.82, 2.24) is 5.32 Å². The van der Waals surface area contributed by atoms with E-state index in [2.05, 4.69) is 26.1 Å². The standard InChI is InChI=1S/C14H25NO/c1-4-7-12(3)14(5-2)15-10-9-13-8-6-11-16-13/h6,8,11-12,14-15H,4-5,7,9-10H2,1-3H3. The minimum atomic E-state index is 0.648. The number of nitrogens with one attached hydrogen (secondary N) is 1. The minimum Gasteiger partial charge on any atom is -0.469 e. The normalized spacial score (nSPS) is 14.9. The molecule has 0 aliphatic heterocycles. The molecule has 1 heterocycles. The van der Waals surface area contributed by atoms with Crippen molar-refractivity contribution in [3.05, 3.63) is 24.2 Å². The molecule has 2 heteroatoms. The Morgan fingerprint density at radius 2 is 2.19 bits per heavy atom. The van der Waals surface area contributed by atoms with Crippen molar-refractivity contribution in [2.45, 2.75) is 52.5 Å². The summed E-state index contributed by atoms with van der Waals surface area (Å²) in [6.07, 6.45) is 6.53. The Bertz CT molecular complexity index is 256. The van der Waals surface area contributed by atoms with Crippen LogP contribution in [0.5, 0.6) is 0 Å². The summed E-state index contributed by atoms with van der Waals surface area (Å²) in [5.41, 5.74) is 0. The average molecular weight is 223 g/mol. The topological polar surface area (TPSA) is 25.2 Å². The molecule has 0 spiro atoms. The molecule has 0 aromatic carbocycles. The molecule has 0 aliphatic rings. The van der Waals surface area contributed by atoms with Gasteiger partial charge < -0.3 is 9.73 Å². The molecule has 0 amide bonds. The highest BCUT2D eigenvalue weighted by molar-refractivity contribution is 4.98. The Morgan fingerprint density at radius 3 is 2.75 bits per heavy atom. The molecule has 1 aromatic heterocycles. The molecule has 1 rings (SSSR count). The average Bonchev–Trinajstić information content (AvgIpc) is 2.77. The molecule has 16 heavy (non-hydrogen) atoms. The van der Waals surface area contributed by atoms with Crippen LogP contribution in [0.15, 0.2) is 22.8 Å². The molecule has 2 nitrogen and oxygen atoms in total. The van der Waals surface area contributed by atoms with Crippen molar-refractivity contribution < 1.29 is 4.42 Å². The summed E-state index contributed by atoms with van der Waals surface area (Å²) in [6.45, 7) is 7.88. The van der Waals surface area contributed by atoms with E-state index in [-0.39, 0.29) is 0 Å². The second kappa shape index (κ2) is 7.50. The lowest BCUT2D eigenvalue weighted by atomic mass is 9.95. The zero-order chi connectivity index (χ0) is 11.8. The van der Waals surface area contributed by atoms with Crippen LogP contribution >= 0.6 is 0 Å². The molecule has 0 radical (unpaired) electrons. The Morgan fingerprint density at radius 1 is 1.38 bits per heavy atom. The summed E-state index contributed by atoms with van der Waals surface area (Å²) < 4.78 is 5.32. The molecular weight excluding hydrogens is 198 g/mol. The van der Waals surface area contributed by atoms with Crippen molar-refractivity contribution >= 4 is 0 Å². The highest BCUT2D eigenvalue weighted by Crippen LogP contribution is 2.13. The van der Waals surface area contributed by atoms with Gasteiger partial charge >= 0.3 is 0 Å². The third-order valence-corrected chi connectivity index (χ3v) is 3.23. The largest absolute Gasteiger partial charge is 0.469 e. The monoisotopic (exact) mass is 223 g/mol. The molecule has 0 bridgehead atoms. The van der Waals surface area contributed by atoms with Crippen molar-refractivity contribution in [1.29, 1.82) is 0 Å². The fourth-order valence-electron chi connectivity index (χ4n) is 2.24. The summed E-state index contributed by atoms with van der Waals surface area (Å²) in [5.74, 6) is 1.84. The van der Waals surface area contributed by atoms with Gasteiger partial charge in [0.2, 0.25) is 0 Å². The highest BCUT2D eigenvalue weighted by atomic mass is 16.3. The lowest BCUT2D eigenvalue weighted by molar-refractivity contribution is 0.343. The second-order valence-electron chi connectivity index (χ2n) is 4.56. The smallest absolute Gasteiger partial charge is 0.105 e. The zero-order valence-electron chi connectivity index (χ0n) is 10.8. The first-order chi connectivity index (χ1) is 7.77. The summed E-state index contributed by atoms with van der Waals surface area (Å²) in [7, 11) is 0. The third-order valence-electron chi connectivity index (χ3n) is 3.23. The quantitative estimate of drug-likeness (QED) is 0.728. The summed E-state index contributed by atoms with van der Waals surface area (Å²) in [4.78, 5) is 0. The van der Waals surface area contributed by atoms with Gasteiger partial charge in [-0.1, -0.05) is 27.2 Å². The van der Waals surface area contributed by atoms with E-state index in [0.717, 1.165) is 24.6 Å². The zero-order valence-corrected chi connectivity index (χ0v) is 10.8. The molecule has 1 aromatic rings. The van der Waals surface area contributed by atoms with Gasteiger partial charge in [0.1, 0.15) is 5.76 Å². The maximum atomic E-state index is 5.32. The minimum absolute atomic E-state index is 0.648. The van der Waals surface area contributed by atoms with Gasteiger partial charge in [-0.25, -0.2) is 0 Å². The van der Waals surface area contributed by atoms with Crippen LogP contribution in [0.25, 0.3) is 0 Å². The Labute approximate surface area is 99.4 Å². The molecule has 0 fully saturated rings. The number of hydrogen-bond donors (Lipinski definition) is 1. The number of furan rings is 1. The van der Waals surface area contributed by atoms with Gasteiger partial charge in [-0.05, 0) is 30.9 Å². The van der Waals surface area contributed by atoms with Crippen LogP contribution in [0.1, 0.15) is 45.8 Å². The Balaban J connectivity index is 2.23. The van der Waals surface area contributed by atoms with E-state index in [1.165, 1.54) is 19.3 Å². The van der Waals surface area contributed by atoms with E-state index in [0.29, 0.717) is 6.04 Å². The highest BCUT2D eigenvalue weighted by Gasteiger charge is 2.13. The molecule has 0 saturated carbocycles. The maximum Gasteiger partial charge on any atom is 0.105 e. The first kappa shape index (κ1) is 13.3. The van der Waals surface area contributed by atoms with Gasteiger partial charge in [-0.2, -0.15) is 0 Å². The van der Waals surface area contributed by atoms with Crippen LogP contribution in [0.4, 0.5) is 0 Å². The van der Waals surface area contributed by atoms with Crippen molar-refractivity contribution in [2.24, 2.45) is 5.92 Å². The molecule has 2 atom stereocenters. The first-order valence-corrected chi connectivity index (χ1v) is 6.53. The lowest BCUT2D eigenvalue weighted by Crippen LogP contribution is -2.35. The van der Waals surface area contributed by atoms with Crippen LogP contribution in [-0.2, 0) is 6.42 Å². The maximum absolute atomic E-state index is 5.32. The second-order valence-corrected chi connectivity index (χ2v) is 4.56. The number of rotatable bonds is 8. The fraction of sp³-hybridized carbons (Fsp3) is 0.714. The van der Waals surface area contributed by atoms with Crippen LogP contribution in [0, 0.1) is 5.92 Å². The van der Waals surface area contributed by atoms with Crippen molar-refractivity contribution in [3.63, 3.8) is 0 Å². The van der Waals surface area contributed by atoms with Crippen molar-refractivity contribution in [2.75, 3.05) is 6.54 Å². The number of hydrogen-bond acceptors (Lipinski definition) is 2. The molecule has 1 N–H and O–H groups in total. The van der Waals surface area contributed by atoms with Crippen LogP contribution in [-0.4, -0.2) is 12.6 Å². The molecule has 92 valence electrons. The Hall–Kier alpha value is -0.760. The predicted molar refractivity (Wildman–Crippen MR) is 68.6 cm³/mol. The molecule has 0 aliphatic carbocycles. The van der Waals surface area contributed by atoms with E-state index in [1.807, 2.05) is 12.1 Å². The van der Waals surface area contributed by atoms with Crippen LogP contribution in [0.2, 0.25) is 0 Å². The predicted octanol–water partition coefficient (Wildman–Crippen LogP) is 3.63.